The molecule has 2 rings (SSSR count). The maximum atomic E-state index is 5.68. The second-order valence-electron chi connectivity index (χ2n) is 4.35. The second-order valence-corrected chi connectivity index (χ2v) is 4.35. The van der Waals surface area contributed by atoms with Crippen LogP contribution in [0.1, 0.15) is 12.3 Å². The Morgan fingerprint density at radius 2 is 2.00 bits per heavy atom. The molecule has 6 nitrogen and oxygen atoms in total. The van der Waals surface area contributed by atoms with Crippen LogP contribution < -0.4 is 5.73 Å². The van der Waals surface area contributed by atoms with Crippen molar-refractivity contribution < 1.29 is 18.6 Å². The van der Waals surface area contributed by atoms with E-state index in [1.165, 1.54) is 0 Å². The molecule has 6 heteroatoms. The average molecular weight is 280 g/mol. The number of benzene rings is 1. The molecule has 0 aliphatic carbocycles. The summed E-state index contributed by atoms with van der Waals surface area (Å²) in [4.78, 5) is 4.31. The lowest BCUT2D eigenvalue weighted by Gasteiger charge is -2.03. The van der Waals surface area contributed by atoms with Gasteiger partial charge < -0.3 is 24.4 Å². The van der Waals surface area contributed by atoms with Gasteiger partial charge in [0.1, 0.15) is 12.1 Å². The molecule has 0 aliphatic heterocycles. The first kappa shape index (κ1) is 14.8. The Kier molecular flexibility index (Phi) is 5.79. The number of anilines is 1. The van der Waals surface area contributed by atoms with E-state index in [1.54, 1.807) is 19.2 Å². The fourth-order valence-electron chi connectivity index (χ4n) is 1.74. The second kappa shape index (κ2) is 7.84. The van der Waals surface area contributed by atoms with Gasteiger partial charge in [-0.15, -0.1) is 0 Å². The highest BCUT2D eigenvalue weighted by atomic mass is 16.5. The number of methoxy groups -OCH3 is 1. The number of nitrogens with zero attached hydrogens (tertiary/aromatic N) is 1. The molecule has 20 heavy (non-hydrogen) atoms. The van der Waals surface area contributed by atoms with Crippen LogP contribution in [0.5, 0.6) is 0 Å². The van der Waals surface area contributed by atoms with Crippen molar-refractivity contribution in [3.05, 3.63) is 24.1 Å². The SMILES string of the molecule is COCCCOCCOCc1nc2ccc(N)cc2o1. The van der Waals surface area contributed by atoms with E-state index in [0.717, 1.165) is 11.9 Å². The lowest BCUT2D eigenvalue weighted by atomic mass is 10.3. The molecule has 0 amide bonds. The molecular weight excluding hydrogens is 260 g/mol. The normalized spacial score (nSPS) is 11.2. The fraction of sp³-hybridized carbons (Fsp3) is 0.500. The summed E-state index contributed by atoms with van der Waals surface area (Å²) in [7, 11) is 1.68. The van der Waals surface area contributed by atoms with Gasteiger partial charge in [0.25, 0.3) is 0 Å². The molecule has 0 saturated carbocycles. The molecule has 0 saturated heterocycles. The molecule has 0 unspecified atom stereocenters. The summed E-state index contributed by atoms with van der Waals surface area (Å²) >= 11 is 0. The van der Waals surface area contributed by atoms with Crippen LogP contribution in [-0.4, -0.2) is 38.5 Å². The van der Waals surface area contributed by atoms with Crippen LogP contribution >= 0.6 is 0 Å². The average Bonchev–Trinajstić information content (AvgIpc) is 2.83. The van der Waals surface area contributed by atoms with Crippen LogP contribution in [0.25, 0.3) is 11.1 Å². The monoisotopic (exact) mass is 280 g/mol. The molecular formula is C14H20N2O4. The Balaban J connectivity index is 1.65. The number of aromatic nitrogens is 1. The Hall–Kier alpha value is -1.63. The molecule has 0 atom stereocenters. The van der Waals surface area contributed by atoms with Gasteiger partial charge in [-0.3, -0.25) is 0 Å². The lowest BCUT2D eigenvalue weighted by Crippen LogP contribution is -2.06. The Bertz CT molecular complexity index is 527. The molecule has 2 N–H and O–H groups in total. The van der Waals surface area contributed by atoms with Crippen LogP contribution in [0.15, 0.2) is 22.6 Å². The van der Waals surface area contributed by atoms with Gasteiger partial charge >= 0.3 is 0 Å². The molecule has 1 aromatic heterocycles. The van der Waals surface area contributed by atoms with E-state index in [4.69, 9.17) is 24.4 Å². The first-order chi connectivity index (χ1) is 9.79. The summed E-state index contributed by atoms with van der Waals surface area (Å²) in [5.41, 5.74) is 7.80. The number of nitrogen functional groups attached to an aromatic ring is 1. The van der Waals surface area contributed by atoms with Crippen molar-refractivity contribution in [1.82, 2.24) is 4.98 Å². The van der Waals surface area contributed by atoms with Gasteiger partial charge in [-0.05, 0) is 18.6 Å². The van der Waals surface area contributed by atoms with Crippen LogP contribution in [0.3, 0.4) is 0 Å². The fourth-order valence-corrected chi connectivity index (χ4v) is 1.74. The number of oxazole rings is 1. The molecule has 1 heterocycles. The molecule has 0 radical (unpaired) electrons. The highest BCUT2D eigenvalue weighted by Crippen LogP contribution is 2.18. The Morgan fingerprint density at radius 1 is 1.15 bits per heavy atom. The van der Waals surface area contributed by atoms with Gasteiger partial charge in [-0.1, -0.05) is 0 Å². The molecule has 0 aliphatic rings. The van der Waals surface area contributed by atoms with Crippen LogP contribution in [-0.2, 0) is 20.8 Å². The standard InChI is InChI=1S/C14H20N2O4/c1-17-5-2-6-18-7-8-19-10-14-16-12-4-3-11(15)9-13(12)20-14/h3-4,9H,2,5-8,10,15H2,1H3. The maximum Gasteiger partial charge on any atom is 0.221 e. The van der Waals surface area contributed by atoms with E-state index in [2.05, 4.69) is 4.98 Å². The maximum absolute atomic E-state index is 5.68. The molecule has 0 spiro atoms. The van der Waals surface area contributed by atoms with Crippen molar-refractivity contribution in [2.75, 3.05) is 39.3 Å². The summed E-state index contributed by atoms with van der Waals surface area (Å²) in [6.45, 7) is 2.78. The third-order valence-electron chi connectivity index (χ3n) is 2.69. The van der Waals surface area contributed by atoms with Crippen molar-refractivity contribution in [3.8, 4) is 0 Å². The lowest BCUT2D eigenvalue weighted by molar-refractivity contribution is 0.0277. The van der Waals surface area contributed by atoms with E-state index in [-0.39, 0.29) is 0 Å². The highest BCUT2D eigenvalue weighted by Gasteiger charge is 2.05. The first-order valence-electron chi connectivity index (χ1n) is 6.59. The van der Waals surface area contributed by atoms with Gasteiger partial charge in [0.05, 0.1) is 13.2 Å². The van der Waals surface area contributed by atoms with Crippen molar-refractivity contribution in [2.45, 2.75) is 13.0 Å². The first-order valence-corrected chi connectivity index (χ1v) is 6.59. The predicted molar refractivity (Wildman–Crippen MR) is 75.4 cm³/mol. The largest absolute Gasteiger partial charge is 0.438 e. The minimum Gasteiger partial charge on any atom is -0.438 e. The number of hydrogen-bond donors (Lipinski definition) is 1. The zero-order valence-corrected chi connectivity index (χ0v) is 11.6. The summed E-state index contributed by atoms with van der Waals surface area (Å²) in [5, 5.41) is 0. The van der Waals surface area contributed by atoms with Crippen molar-refractivity contribution in [2.24, 2.45) is 0 Å². The van der Waals surface area contributed by atoms with Crippen LogP contribution in [0, 0.1) is 0 Å². The van der Waals surface area contributed by atoms with Gasteiger partial charge in [-0.25, -0.2) is 4.98 Å². The highest BCUT2D eigenvalue weighted by molar-refractivity contribution is 5.76. The third-order valence-corrected chi connectivity index (χ3v) is 2.69. The molecule has 110 valence electrons. The van der Waals surface area contributed by atoms with Crippen LogP contribution in [0.2, 0.25) is 0 Å². The smallest absolute Gasteiger partial charge is 0.221 e. The number of nitrogens with two attached hydrogens (primary N) is 1. The number of rotatable bonds is 9. The summed E-state index contributed by atoms with van der Waals surface area (Å²) < 4.78 is 21.3. The molecule has 0 fully saturated rings. The van der Waals surface area contributed by atoms with E-state index in [9.17, 15) is 0 Å². The van der Waals surface area contributed by atoms with Crippen LogP contribution in [0.4, 0.5) is 5.69 Å². The molecule has 0 bridgehead atoms. The molecule has 1 aromatic carbocycles. The summed E-state index contributed by atoms with van der Waals surface area (Å²) in [6.07, 6.45) is 0.892. The number of ether oxygens (including phenoxy) is 3. The van der Waals surface area contributed by atoms with Crippen molar-refractivity contribution in [1.29, 1.82) is 0 Å². The van der Waals surface area contributed by atoms with E-state index >= 15 is 0 Å². The molecule has 2 aromatic rings. The minimum atomic E-state index is 0.329. The Labute approximate surface area is 117 Å². The van der Waals surface area contributed by atoms with Gasteiger partial charge in [0, 0.05) is 32.1 Å². The number of hydrogen-bond acceptors (Lipinski definition) is 6. The zero-order valence-electron chi connectivity index (χ0n) is 11.6. The zero-order chi connectivity index (χ0) is 14.2. The minimum absolute atomic E-state index is 0.329. The topological polar surface area (TPSA) is 79.7 Å². The van der Waals surface area contributed by atoms with E-state index in [1.807, 2.05) is 6.07 Å². The van der Waals surface area contributed by atoms with Crippen molar-refractivity contribution >= 4 is 16.8 Å². The third kappa shape index (κ3) is 4.48. The van der Waals surface area contributed by atoms with Gasteiger partial charge in [0.2, 0.25) is 5.89 Å². The van der Waals surface area contributed by atoms with E-state index in [0.29, 0.717) is 50.2 Å². The van der Waals surface area contributed by atoms with Gasteiger partial charge in [0.15, 0.2) is 5.58 Å². The van der Waals surface area contributed by atoms with Gasteiger partial charge in [-0.2, -0.15) is 0 Å². The summed E-state index contributed by atoms with van der Waals surface area (Å²) in [6, 6.07) is 5.38. The summed E-state index contributed by atoms with van der Waals surface area (Å²) in [5.74, 6) is 0.546. The van der Waals surface area contributed by atoms with Crippen molar-refractivity contribution in [3.63, 3.8) is 0 Å². The number of fused-ring (bicyclic) bond motifs is 1. The Morgan fingerprint density at radius 3 is 2.85 bits per heavy atom. The predicted octanol–water partition coefficient (Wildman–Crippen LogP) is 1.98. The quantitative estimate of drug-likeness (QED) is 0.559. The van der Waals surface area contributed by atoms with E-state index < -0.39 is 0 Å².